The largest absolute Gasteiger partial charge is 0.354 e. The minimum Gasteiger partial charge on any atom is -0.354 e. The Kier molecular flexibility index (Phi) is 5.58. The van der Waals surface area contributed by atoms with Crippen LogP contribution >= 0.6 is 0 Å². The Morgan fingerprint density at radius 3 is 2.83 bits per heavy atom. The topological polar surface area (TPSA) is 75.9 Å². The minimum absolute atomic E-state index is 0.0365. The van der Waals surface area contributed by atoms with Crippen molar-refractivity contribution < 1.29 is 4.79 Å². The van der Waals surface area contributed by atoms with Gasteiger partial charge in [0.2, 0.25) is 5.91 Å². The maximum absolute atomic E-state index is 11.2. The van der Waals surface area contributed by atoms with E-state index in [1.165, 1.54) is 23.6 Å². The molecule has 2 aromatic heterocycles. The molecule has 3 heterocycles. The molecule has 0 spiro atoms. The van der Waals surface area contributed by atoms with Gasteiger partial charge < -0.3 is 5.32 Å². The van der Waals surface area contributed by atoms with Gasteiger partial charge in [-0.1, -0.05) is 18.2 Å². The summed E-state index contributed by atoms with van der Waals surface area (Å²) in [5.74, 6) is 0.313. The Labute approximate surface area is 171 Å². The molecule has 1 aromatic carbocycles. The molecule has 1 aliphatic heterocycles. The molecule has 0 radical (unpaired) electrons. The lowest BCUT2D eigenvalue weighted by atomic mass is 10.0. The lowest BCUT2D eigenvalue weighted by Crippen LogP contribution is -2.25. The molecule has 0 aliphatic carbocycles. The summed E-state index contributed by atoms with van der Waals surface area (Å²) in [5.41, 5.74) is 6.74. The first-order chi connectivity index (χ1) is 14.0. The number of aromatic nitrogens is 4. The molecule has 1 amide bonds. The van der Waals surface area contributed by atoms with Crippen molar-refractivity contribution in [2.75, 3.05) is 19.6 Å². The van der Waals surface area contributed by atoms with Crippen molar-refractivity contribution in [2.45, 2.75) is 46.2 Å². The number of aryl methyl sites for hydroxylation is 2. The van der Waals surface area contributed by atoms with Crippen LogP contribution in [0.3, 0.4) is 0 Å². The SMILES string of the molecule is CC(=O)NCCn1nc(C2CCN(Cc3ccc(C)c(C)c3)C2)c2nccnc21. The third-order valence-corrected chi connectivity index (χ3v) is 5.73. The summed E-state index contributed by atoms with van der Waals surface area (Å²) in [4.78, 5) is 22.7. The van der Waals surface area contributed by atoms with Crippen LogP contribution in [0.2, 0.25) is 0 Å². The zero-order valence-corrected chi connectivity index (χ0v) is 17.4. The standard InChI is InChI=1S/C22H28N6O/c1-15-4-5-18(12-16(15)2)13-27-10-6-19(14-27)20-21-22(25-8-7-24-21)28(26-20)11-9-23-17(3)29/h4-5,7-8,12,19H,6,9-11,13-14H2,1-3H3,(H,23,29). The first kappa shape index (κ1) is 19.5. The van der Waals surface area contributed by atoms with Gasteiger partial charge in [-0.3, -0.25) is 9.69 Å². The molecule has 1 atom stereocenters. The Morgan fingerprint density at radius 1 is 1.21 bits per heavy atom. The highest BCUT2D eigenvalue weighted by Crippen LogP contribution is 2.31. The molecule has 0 bridgehead atoms. The van der Waals surface area contributed by atoms with Crippen LogP contribution in [0.1, 0.15) is 41.6 Å². The number of rotatable bonds is 6. The van der Waals surface area contributed by atoms with Gasteiger partial charge in [0.05, 0.1) is 12.2 Å². The molecule has 1 N–H and O–H groups in total. The monoisotopic (exact) mass is 392 g/mol. The van der Waals surface area contributed by atoms with Crippen LogP contribution < -0.4 is 5.32 Å². The highest BCUT2D eigenvalue weighted by molar-refractivity contribution is 5.74. The fraction of sp³-hybridized carbons (Fsp3) is 0.455. The number of carbonyl (C=O) groups excluding carboxylic acids is 1. The predicted molar refractivity (Wildman–Crippen MR) is 113 cm³/mol. The highest BCUT2D eigenvalue weighted by atomic mass is 16.1. The zero-order chi connectivity index (χ0) is 20.4. The first-order valence-corrected chi connectivity index (χ1v) is 10.2. The van der Waals surface area contributed by atoms with Crippen LogP contribution in [0.5, 0.6) is 0 Å². The van der Waals surface area contributed by atoms with Crippen molar-refractivity contribution in [1.29, 1.82) is 0 Å². The molecule has 152 valence electrons. The van der Waals surface area contributed by atoms with Gasteiger partial charge in [-0.15, -0.1) is 0 Å². The van der Waals surface area contributed by atoms with E-state index >= 15 is 0 Å². The van der Waals surface area contributed by atoms with Crippen LogP contribution in [0, 0.1) is 13.8 Å². The second-order valence-electron chi connectivity index (χ2n) is 7.96. The van der Waals surface area contributed by atoms with E-state index in [4.69, 9.17) is 5.10 Å². The summed E-state index contributed by atoms with van der Waals surface area (Å²) >= 11 is 0. The molecular weight excluding hydrogens is 364 g/mol. The number of amides is 1. The van der Waals surface area contributed by atoms with Gasteiger partial charge in [0.15, 0.2) is 5.65 Å². The number of benzene rings is 1. The molecule has 4 rings (SSSR count). The second-order valence-corrected chi connectivity index (χ2v) is 7.96. The summed E-state index contributed by atoms with van der Waals surface area (Å²) in [6, 6.07) is 6.73. The Hall–Kier alpha value is -2.80. The van der Waals surface area contributed by atoms with Crippen molar-refractivity contribution in [1.82, 2.24) is 30.0 Å². The fourth-order valence-electron chi connectivity index (χ4n) is 4.05. The number of hydrogen-bond donors (Lipinski definition) is 1. The van der Waals surface area contributed by atoms with E-state index in [0.717, 1.165) is 42.9 Å². The predicted octanol–water partition coefficient (Wildman–Crippen LogP) is 2.57. The van der Waals surface area contributed by atoms with Crippen LogP contribution in [0.4, 0.5) is 0 Å². The number of carbonyl (C=O) groups is 1. The molecule has 1 fully saturated rings. The van der Waals surface area contributed by atoms with E-state index in [2.05, 4.69) is 52.2 Å². The van der Waals surface area contributed by atoms with Crippen LogP contribution in [0.25, 0.3) is 11.2 Å². The summed E-state index contributed by atoms with van der Waals surface area (Å²) in [5, 5.41) is 7.67. The van der Waals surface area contributed by atoms with Crippen LogP contribution in [0.15, 0.2) is 30.6 Å². The van der Waals surface area contributed by atoms with E-state index < -0.39 is 0 Å². The molecule has 1 aliphatic rings. The van der Waals surface area contributed by atoms with Gasteiger partial charge >= 0.3 is 0 Å². The number of nitrogens with zero attached hydrogens (tertiary/aromatic N) is 5. The first-order valence-electron chi connectivity index (χ1n) is 10.2. The molecule has 0 saturated carbocycles. The van der Waals surface area contributed by atoms with E-state index in [-0.39, 0.29) is 5.91 Å². The van der Waals surface area contributed by atoms with E-state index in [9.17, 15) is 4.79 Å². The average Bonchev–Trinajstić information content (AvgIpc) is 3.29. The number of likely N-dealkylation sites (tertiary alicyclic amines) is 1. The summed E-state index contributed by atoms with van der Waals surface area (Å²) in [6.45, 7) is 9.96. The maximum Gasteiger partial charge on any atom is 0.216 e. The van der Waals surface area contributed by atoms with Gasteiger partial charge in [0.25, 0.3) is 0 Å². The normalized spacial score (nSPS) is 17.1. The van der Waals surface area contributed by atoms with Gasteiger partial charge in [-0.05, 0) is 43.5 Å². The average molecular weight is 393 g/mol. The summed E-state index contributed by atoms with van der Waals surface area (Å²) in [7, 11) is 0. The quantitative estimate of drug-likeness (QED) is 0.698. The smallest absolute Gasteiger partial charge is 0.216 e. The van der Waals surface area contributed by atoms with E-state index in [1.54, 1.807) is 12.4 Å². The third-order valence-electron chi connectivity index (χ3n) is 5.73. The molecular formula is C22H28N6O. The van der Waals surface area contributed by atoms with E-state index in [1.807, 2.05) is 4.68 Å². The van der Waals surface area contributed by atoms with Gasteiger partial charge in [-0.2, -0.15) is 5.10 Å². The molecule has 29 heavy (non-hydrogen) atoms. The highest BCUT2D eigenvalue weighted by Gasteiger charge is 2.29. The maximum atomic E-state index is 11.2. The Bertz CT molecular complexity index is 1030. The van der Waals surface area contributed by atoms with Gasteiger partial charge in [0, 0.05) is 44.9 Å². The van der Waals surface area contributed by atoms with E-state index in [0.29, 0.717) is 19.0 Å². The summed E-state index contributed by atoms with van der Waals surface area (Å²) < 4.78 is 1.87. The van der Waals surface area contributed by atoms with Gasteiger partial charge in [0.1, 0.15) is 5.52 Å². The van der Waals surface area contributed by atoms with Crippen LogP contribution in [-0.2, 0) is 17.9 Å². The second kappa shape index (κ2) is 8.29. The number of fused-ring (bicyclic) bond motifs is 1. The molecule has 1 saturated heterocycles. The fourth-order valence-corrected chi connectivity index (χ4v) is 4.05. The van der Waals surface area contributed by atoms with Crippen molar-refractivity contribution in [3.05, 3.63) is 53.0 Å². The van der Waals surface area contributed by atoms with Crippen molar-refractivity contribution in [3.8, 4) is 0 Å². The van der Waals surface area contributed by atoms with Crippen LogP contribution in [-0.4, -0.2) is 50.2 Å². The molecule has 3 aromatic rings. The van der Waals surface area contributed by atoms with Crippen molar-refractivity contribution >= 4 is 17.1 Å². The molecule has 7 nitrogen and oxygen atoms in total. The van der Waals surface area contributed by atoms with Gasteiger partial charge in [-0.25, -0.2) is 14.6 Å². The number of hydrogen-bond acceptors (Lipinski definition) is 5. The minimum atomic E-state index is -0.0365. The lowest BCUT2D eigenvalue weighted by Gasteiger charge is -2.16. The molecule has 7 heteroatoms. The Morgan fingerprint density at radius 2 is 2.03 bits per heavy atom. The van der Waals surface area contributed by atoms with Crippen molar-refractivity contribution in [3.63, 3.8) is 0 Å². The lowest BCUT2D eigenvalue weighted by molar-refractivity contribution is -0.118. The summed E-state index contributed by atoms with van der Waals surface area (Å²) in [6.07, 6.45) is 4.50. The zero-order valence-electron chi connectivity index (χ0n) is 17.4. The number of nitrogens with one attached hydrogen (secondary N) is 1. The Balaban J connectivity index is 1.49. The van der Waals surface area contributed by atoms with Crippen molar-refractivity contribution in [2.24, 2.45) is 0 Å². The third kappa shape index (κ3) is 4.29. The molecule has 1 unspecified atom stereocenters.